The normalized spacial score (nSPS) is 17.8. The zero-order chi connectivity index (χ0) is 18.0. The van der Waals surface area contributed by atoms with Crippen LogP contribution in [0, 0.1) is 6.92 Å². The van der Waals surface area contributed by atoms with Gasteiger partial charge < -0.3 is 14.7 Å². The number of nitrogens with one attached hydrogen (secondary N) is 1. The van der Waals surface area contributed by atoms with Crippen LogP contribution in [0.25, 0.3) is 0 Å². The minimum Gasteiger partial charge on any atom is -0.351 e. The molecule has 3 rings (SSSR count). The van der Waals surface area contributed by atoms with Crippen molar-refractivity contribution in [1.29, 1.82) is 0 Å². The summed E-state index contributed by atoms with van der Waals surface area (Å²) < 4.78 is 6.80. The molecule has 1 saturated heterocycles. The molecule has 2 amide bonds. The largest absolute Gasteiger partial charge is 0.351 e. The van der Waals surface area contributed by atoms with Gasteiger partial charge in [-0.1, -0.05) is 5.16 Å². The maximum atomic E-state index is 12.5. The van der Waals surface area contributed by atoms with E-state index in [0.717, 1.165) is 12.8 Å². The van der Waals surface area contributed by atoms with Crippen LogP contribution in [-0.4, -0.2) is 50.8 Å². The monoisotopic (exact) mass is 345 g/mol. The van der Waals surface area contributed by atoms with Crippen LogP contribution in [0.15, 0.2) is 22.9 Å². The molecular formula is C17H23N5O3. The molecule has 0 aliphatic carbocycles. The van der Waals surface area contributed by atoms with Crippen molar-refractivity contribution >= 4 is 11.8 Å². The highest BCUT2D eigenvalue weighted by Crippen LogP contribution is 2.15. The number of hydrogen-bond donors (Lipinski definition) is 1. The highest BCUT2D eigenvalue weighted by molar-refractivity contribution is 5.93. The molecule has 0 aromatic carbocycles. The minimum absolute atomic E-state index is 0.0987. The highest BCUT2D eigenvalue weighted by atomic mass is 16.5. The van der Waals surface area contributed by atoms with E-state index in [0.29, 0.717) is 24.5 Å². The van der Waals surface area contributed by atoms with E-state index in [1.807, 2.05) is 13.8 Å². The third-order valence-electron chi connectivity index (χ3n) is 4.25. The summed E-state index contributed by atoms with van der Waals surface area (Å²) in [5, 5.41) is 11.0. The van der Waals surface area contributed by atoms with Crippen LogP contribution in [0.1, 0.15) is 59.5 Å². The lowest BCUT2D eigenvalue weighted by Crippen LogP contribution is -2.49. The zero-order valence-electron chi connectivity index (χ0n) is 14.7. The van der Waals surface area contributed by atoms with E-state index >= 15 is 0 Å². The molecule has 1 aliphatic rings. The zero-order valence-corrected chi connectivity index (χ0v) is 14.7. The van der Waals surface area contributed by atoms with Gasteiger partial charge in [-0.2, -0.15) is 5.10 Å². The molecule has 1 N–H and O–H groups in total. The van der Waals surface area contributed by atoms with Crippen molar-refractivity contribution in [2.75, 3.05) is 13.1 Å². The molecule has 1 atom stereocenters. The molecular weight excluding hydrogens is 322 g/mol. The van der Waals surface area contributed by atoms with E-state index in [4.69, 9.17) is 4.52 Å². The third kappa shape index (κ3) is 3.89. The lowest BCUT2D eigenvalue weighted by atomic mass is 10.1. The molecule has 0 spiro atoms. The number of rotatable bonds is 4. The molecule has 3 heterocycles. The first-order valence-corrected chi connectivity index (χ1v) is 8.52. The molecule has 0 unspecified atom stereocenters. The number of hydrogen-bond acceptors (Lipinski definition) is 5. The fraction of sp³-hybridized carbons (Fsp3) is 0.529. The van der Waals surface area contributed by atoms with Crippen LogP contribution in [0.4, 0.5) is 0 Å². The Balaban J connectivity index is 1.61. The molecule has 8 nitrogen and oxygen atoms in total. The molecule has 8 heteroatoms. The van der Waals surface area contributed by atoms with Gasteiger partial charge in [0.1, 0.15) is 5.69 Å². The van der Waals surface area contributed by atoms with E-state index in [1.165, 1.54) is 0 Å². The fourth-order valence-corrected chi connectivity index (χ4v) is 2.91. The van der Waals surface area contributed by atoms with Crippen molar-refractivity contribution in [2.24, 2.45) is 0 Å². The summed E-state index contributed by atoms with van der Waals surface area (Å²) in [6.45, 7) is 6.88. The summed E-state index contributed by atoms with van der Waals surface area (Å²) >= 11 is 0. The second-order valence-electron chi connectivity index (χ2n) is 6.67. The molecule has 0 bridgehead atoms. The lowest BCUT2D eigenvalue weighted by Gasteiger charge is -2.32. The van der Waals surface area contributed by atoms with Crippen molar-refractivity contribution in [3.63, 3.8) is 0 Å². The second kappa shape index (κ2) is 7.08. The maximum Gasteiger partial charge on any atom is 0.292 e. The van der Waals surface area contributed by atoms with Gasteiger partial charge in [-0.3, -0.25) is 14.3 Å². The number of piperidine rings is 1. The molecule has 25 heavy (non-hydrogen) atoms. The fourth-order valence-electron chi connectivity index (χ4n) is 2.91. The van der Waals surface area contributed by atoms with Gasteiger partial charge in [-0.05, 0) is 39.7 Å². The Labute approximate surface area is 146 Å². The Kier molecular flexibility index (Phi) is 4.87. The second-order valence-corrected chi connectivity index (χ2v) is 6.67. The van der Waals surface area contributed by atoms with Gasteiger partial charge in [-0.25, -0.2) is 0 Å². The van der Waals surface area contributed by atoms with E-state index in [-0.39, 0.29) is 29.7 Å². The summed E-state index contributed by atoms with van der Waals surface area (Å²) in [5.74, 6) is -0.169. The van der Waals surface area contributed by atoms with Crippen molar-refractivity contribution in [3.8, 4) is 0 Å². The van der Waals surface area contributed by atoms with Crippen molar-refractivity contribution in [1.82, 2.24) is 25.2 Å². The number of aryl methyl sites for hydroxylation is 1. The SMILES string of the molecule is Cc1cc(C(=O)N2CCC[C@@H](NC(=O)c3ccn(C(C)C)n3)C2)on1. The first-order valence-electron chi connectivity index (χ1n) is 8.52. The van der Waals surface area contributed by atoms with Crippen LogP contribution in [0.2, 0.25) is 0 Å². The van der Waals surface area contributed by atoms with Crippen LogP contribution >= 0.6 is 0 Å². The standard InChI is InChI=1S/C17H23N5O3/c1-11(2)22-8-6-14(19-22)16(23)18-13-5-4-7-21(10-13)17(24)15-9-12(3)20-25-15/h6,8-9,11,13H,4-5,7,10H2,1-3H3,(H,18,23)/t13-/m1/s1. The number of likely N-dealkylation sites (tertiary alicyclic amines) is 1. The van der Waals surface area contributed by atoms with Gasteiger partial charge in [0.15, 0.2) is 0 Å². The molecule has 0 radical (unpaired) electrons. The summed E-state index contributed by atoms with van der Waals surface area (Å²) in [7, 11) is 0. The molecule has 1 aliphatic heterocycles. The van der Waals surface area contributed by atoms with E-state index in [2.05, 4.69) is 15.6 Å². The van der Waals surface area contributed by atoms with E-state index in [9.17, 15) is 9.59 Å². The van der Waals surface area contributed by atoms with E-state index < -0.39 is 0 Å². The predicted octanol–water partition coefficient (Wildman–Crippen LogP) is 1.80. The number of carbonyl (C=O) groups is 2. The third-order valence-corrected chi connectivity index (χ3v) is 4.25. The van der Waals surface area contributed by atoms with Gasteiger partial charge in [0.05, 0.1) is 5.69 Å². The van der Waals surface area contributed by atoms with Crippen LogP contribution in [0.3, 0.4) is 0 Å². The van der Waals surface area contributed by atoms with Gasteiger partial charge in [0.25, 0.3) is 11.8 Å². The molecule has 2 aromatic heterocycles. The number of carbonyl (C=O) groups excluding carboxylic acids is 2. The molecule has 2 aromatic rings. The predicted molar refractivity (Wildman–Crippen MR) is 90.2 cm³/mol. The molecule has 1 fully saturated rings. The van der Waals surface area contributed by atoms with Crippen molar-refractivity contribution in [2.45, 2.75) is 45.7 Å². The Morgan fingerprint density at radius 2 is 2.20 bits per heavy atom. The number of nitrogens with zero attached hydrogens (tertiary/aromatic N) is 4. The Hall–Kier alpha value is -2.64. The Morgan fingerprint density at radius 3 is 2.84 bits per heavy atom. The average molecular weight is 345 g/mol. The van der Waals surface area contributed by atoms with Gasteiger partial charge in [-0.15, -0.1) is 0 Å². The Bertz CT molecular complexity index is 764. The number of amides is 2. The first kappa shape index (κ1) is 17.2. The smallest absolute Gasteiger partial charge is 0.292 e. The van der Waals surface area contributed by atoms with Crippen molar-refractivity contribution < 1.29 is 14.1 Å². The minimum atomic E-state index is -0.214. The topological polar surface area (TPSA) is 93.3 Å². The summed E-state index contributed by atoms with van der Waals surface area (Å²) in [6, 6.07) is 3.44. The average Bonchev–Trinajstić information content (AvgIpc) is 3.23. The van der Waals surface area contributed by atoms with Crippen LogP contribution in [-0.2, 0) is 0 Å². The maximum absolute atomic E-state index is 12.5. The lowest BCUT2D eigenvalue weighted by molar-refractivity contribution is 0.0637. The van der Waals surface area contributed by atoms with Gasteiger partial charge >= 0.3 is 0 Å². The van der Waals surface area contributed by atoms with Crippen LogP contribution in [0.5, 0.6) is 0 Å². The first-order chi connectivity index (χ1) is 11.9. The number of aromatic nitrogens is 3. The molecule has 134 valence electrons. The Morgan fingerprint density at radius 1 is 1.40 bits per heavy atom. The molecule has 0 saturated carbocycles. The highest BCUT2D eigenvalue weighted by Gasteiger charge is 2.28. The quantitative estimate of drug-likeness (QED) is 0.912. The van der Waals surface area contributed by atoms with Crippen molar-refractivity contribution in [3.05, 3.63) is 35.5 Å². The van der Waals surface area contributed by atoms with Gasteiger partial charge in [0, 0.05) is 37.4 Å². The van der Waals surface area contributed by atoms with Crippen LogP contribution < -0.4 is 5.32 Å². The summed E-state index contributed by atoms with van der Waals surface area (Å²) in [5.41, 5.74) is 1.06. The summed E-state index contributed by atoms with van der Waals surface area (Å²) in [6.07, 6.45) is 3.45. The summed E-state index contributed by atoms with van der Waals surface area (Å²) in [4.78, 5) is 26.5. The van der Waals surface area contributed by atoms with Gasteiger partial charge in [0.2, 0.25) is 5.76 Å². The van der Waals surface area contributed by atoms with E-state index in [1.54, 1.807) is 34.8 Å².